The Balaban J connectivity index is 1.96. The van der Waals surface area contributed by atoms with Crippen molar-refractivity contribution in [2.45, 2.75) is 6.42 Å². The molecule has 1 heterocycles. The number of anilines is 1. The Morgan fingerprint density at radius 3 is 2.49 bits per heavy atom. The molecule has 4 rings (SSSR count). The van der Waals surface area contributed by atoms with Gasteiger partial charge in [-0.25, -0.2) is 9.18 Å². The third kappa shape index (κ3) is 4.87. The van der Waals surface area contributed by atoms with Crippen LogP contribution in [0.2, 0.25) is 0 Å². The van der Waals surface area contributed by atoms with Crippen molar-refractivity contribution in [3.63, 3.8) is 0 Å². The Hall–Kier alpha value is -4.20. The first kappa shape index (κ1) is 23.9. The number of furan rings is 1. The fraction of sp³-hybridized carbons (Fsp3) is 0.185. The van der Waals surface area contributed by atoms with Gasteiger partial charge in [0, 0.05) is 41.9 Å². The lowest BCUT2D eigenvalue weighted by atomic mass is 9.97. The molecule has 3 aromatic carbocycles. The summed E-state index contributed by atoms with van der Waals surface area (Å²) in [6.07, 6.45) is 0.308. The number of alkyl halides is 1. The zero-order valence-corrected chi connectivity index (χ0v) is 19.3. The van der Waals surface area contributed by atoms with Crippen molar-refractivity contribution in [3.8, 4) is 22.5 Å². The maximum Gasteiger partial charge on any atom is 0.337 e. The van der Waals surface area contributed by atoms with E-state index in [4.69, 9.17) is 9.15 Å². The lowest BCUT2D eigenvalue weighted by molar-refractivity contribution is 0.0600. The molecule has 6 nitrogen and oxygen atoms in total. The van der Waals surface area contributed by atoms with Gasteiger partial charge in [0.05, 0.1) is 24.9 Å². The Labute approximate surface area is 200 Å². The minimum absolute atomic E-state index is 0.300. The average molecular weight is 478 g/mol. The number of benzene rings is 3. The molecular weight excluding hydrogens is 454 g/mol. The summed E-state index contributed by atoms with van der Waals surface area (Å²) < 4.78 is 37.2. The summed E-state index contributed by atoms with van der Waals surface area (Å²) in [6.45, 7) is -0.0990. The van der Waals surface area contributed by atoms with E-state index in [1.54, 1.807) is 42.5 Å². The molecule has 2 N–H and O–H groups in total. The number of hydrogen-bond acceptors (Lipinski definition) is 5. The van der Waals surface area contributed by atoms with Crippen molar-refractivity contribution >= 4 is 28.5 Å². The minimum atomic E-state index is -0.479. The van der Waals surface area contributed by atoms with E-state index in [0.717, 1.165) is 0 Å². The SMILES string of the molecule is CNC(=O)c1c(-c2ccc(F)cc2)oc2cc(NCCCF)c(-c3cccc(C(=O)OC)c3)cc12. The fourth-order valence-corrected chi connectivity index (χ4v) is 3.90. The van der Waals surface area contributed by atoms with Gasteiger partial charge >= 0.3 is 5.97 Å². The zero-order chi connectivity index (χ0) is 24.9. The van der Waals surface area contributed by atoms with Crippen LogP contribution in [0.5, 0.6) is 0 Å². The van der Waals surface area contributed by atoms with Crippen LogP contribution < -0.4 is 10.6 Å². The molecule has 35 heavy (non-hydrogen) atoms. The van der Waals surface area contributed by atoms with Crippen molar-refractivity contribution < 1.29 is 27.5 Å². The van der Waals surface area contributed by atoms with Crippen molar-refractivity contribution in [1.82, 2.24) is 5.32 Å². The number of nitrogens with one attached hydrogen (secondary N) is 2. The molecule has 0 radical (unpaired) electrons. The van der Waals surface area contributed by atoms with E-state index in [-0.39, 0.29) is 5.91 Å². The quantitative estimate of drug-likeness (QED) is 0.246. The summed E-state index contributed by atoms with van der Waals surface area (Å²) in [6, 6.07) is 16.1. The summed E-state index contributed by atoms with van der Waals surface area (Å²) in [5, 5.41) is 6.40. The predicted molar refractivity (Wildman–Crippen MR) is 131 cm³/mol. The molecule has 0 saturated carbocycles. The molecule has 1 aromatic heterocycles. The molecule has 0 aliphatic carbocycles. The summed E-state index contributed by atoms with van der Waals surface area (Å²) in [7, 11) is 2.83. The molecule has 1 amide bonds. The highest BCUT2D eigenvalue weighted by molar-refractivity contribution is 6.13. The normalized spacial score (nSPS) is 10.9. The third-order valence-electron chi connectivity index (χ3n) is 5.61. The van der Waals surface area contributed by atoms with Crippen molar-refractivity contribution in [2.75, 3.05) is 32.7 Å². The number of amides is 1. The van der Waals surface area contributed by atoms with E-state index >= 15 is 0 Å². The molecule has 0 spiro atoms. The highest BCUT2D eigenvalue weighted by Gasteiger charge is 2.23. The maximum atomic E-state index is 13.5. The molecule has 0 unspecified atom stereocenters. The van der Waals surface area contributed by atoms with Gasteiger partial charge < -0.3 is 19.8 Å². The van der Waals surface area contributed by atoms with Crippen LogP contribution >= 0.6 is 0 Å². The van der Waals surface area contributed by atoms with Gasteiger partial charge in [-0.2, -0.15) is 0 Å². The first-order valence-electron chi connectivity index (χ1n) is 11.0. The van der Waals surface area contributed by atoms with Crippen molar-refractivity contribution in [1.29, 1.82) is 0 Å². The number of carbonyl (C=O) groups excluding carboxylic acids is 2. The Morgan fingerprint density at radius 1 is 1.03 bits per heavy atom. The van der Waals surface area contributed by atoms with Gasteiger partial charge in [-0.3, -0.25) is 9.18 Å². The molecule has 0 bridgehead atoms. The van der Waals surface area contributed by atoms with Crippen LogP contribution in [0.3, 0.4) is 0 Å². The lowest BCUT2D eigenvalue weighted by Crippen LogP contribution is -2.18. The highest BCUT2D eigenvalue weighted by Crippen LogP contribution is 2.40. The number of esters is 1. The Morgan fingerprint density at radius 2 is 1.80 bits per heavy atom. The van der Waals surface area contributed by atoms with Gasteiger partial charge in [0.15, 0.2) is 0 Å². The number of fused-ring (bicyclic) bond motifs is 1. The summed E-state index contributed by atoms with van der Waals surface area (Å²) >= 11 is 0. The smallest absolute Gasteiger partial charge is 0.337 e. The summed E-state index contributed by atoms with van der Waals surface area (Å²) in [4.78, 5) is 25.0. The van der Waals surface area contributed by atoms with Crippen LogP contribution in [0.4, 0.5) is 14.5 Å². The highest BCUT2D eigenvalue weighted by atomic mass is 19.1. The van der Waals surface area contributed by atoms with Gasteiger partial charge in [0.25, 0.3) is 5.91 Å². The summed E-state index contributed by atoms with van der Waals surface area (Å²) in [5.41, 5.74) is 3.68. The maximum absolute atomic E-state index is 13.5. The Bertz CT molecular complexity index is 1380. The number of methoxy groups -OCH3 is 1. The molecule has 0 aliphatic rings. The van der Waals surface area contributed by atoms with E-state index in [1.165, 1.54) is 26.3 Å². The standard InChI is InChI=1S/C27H24F2N2O4/c1-30-26(32)24-21-14-20(17-5-3-6-18(13-17)27(33)34-2)22(31-12-4-11-28)15-23(21)35-25(24)16-7-9-19(29)10-8-16/h3,5-10,13-15,31H,4,11-12H2,1-2H3,(H,30,32). The first-order chi connectivity index (χ1) is 17.0. The third-order valence-corrected chi connectivity index (χ3v) is 5.61. The number of halogens is 2. The second kappa shape index (κ2) is 10.4. The van der Waals surface area contributed by atoms with E-state index < -0.39 is 18.5 Å². The monoisotopic (exact) mass is 478 g/mol. The van der Waals surface area contributed by atoms with Crippen LogP contribution in [0.1, 0.15) is 27.1 Å². The van der Waals surface area contributed by atoms with E-state index in [9.17, 15) is 18.4 Å². The fourth-order valence-electron chi connectivity index (χ4n) is 3.90. The average Bonchev–Trinajstić information content (AvgIpc) is 3.26. The summed E-state index contributed by atoms with van der Waals surface area (Å²) in [5.74, 6) is -0.948. The van der Waals surface area contributed by atoms with Crippen LogP contribution in [0.25, 0.3) is 33.4 Å². The van der Waals surface area contributed by atoms with Gasteiger partial charge in [-0.05, 0) is 54.4 Å². The predicted octanol–water partition coefficient (Wildman–Crippen LogP) is 5.82. The topological polar surface area (TPSA) is 80.6 Å². The minimum Gasteiger partial charge on any atom is -0.465 e. The van der Waals surface area contributed by atoms with Crippen LogP contribution in [-0.2, 0) is 4.74 Å². The van der Waals surface area contributed by atoms with Gasteiger partial charge in [0.2, 0.25) is 0 Å². The van der Waals surface area contributed by atoms with E-state index in [0.29, 0.717) is 63.2 Å². The zero-order valence-electron chi connectivity index (χ0n) is 19.3. The van der Waals surface area contributed by atoms with Gasteiger partial charge in [-0.15, -0.1) is 0 Å². The van der Waals surface area contributed by atoms with Crippen LogP contribution in [0.15, 0.2) is 65.1 Å². The second-order valence-electron chi connectivity index (χ2n) is 7.83. The number of ether oxygens (including phenoxy) is 1. The molecule has 4 aromatic rings. The molecule has 0 fully saturated rings. The molecule has 0 saturated heterocycles. The largest absolute Gasteiger partial charge is 0.465 e. The van der Waals surface area contributed by atoms with E-state index in [1.807, 2.05) is 6.07 Å². The molecular formula is C27H24F2N2O4. The van der Waals surface area contributed by atoms with Crippen molar-refractivity contribution in [2.24, 2.45) is 0 Å². The van der Waals surface area contributed by atoms with Crippen molar-refractivity contribution in [3.05, 3.63) is 77.6 Å². The lowest BCUT2D eigenvalue weighted by Gasteiger charge is -2.13. The van der Waals surface area contributed by atoms with Gasteiger partial charge in [0.1, 0.15) is 17.2 Å². The molecule has 8 heteroatoms. The number of carbonyl (C=O) groups is 2. The van der Waals surface area contributed by atoms with Crippen LogP contribution in [-0.4, -0.2) is 39.3 Å². The number of rotatable bonds is 8. The molecule has 180 valence electrons. The molecule has 0 aliphatic heterocycles. The van der Waals surface area contributed by atoms with E-state index in [2.05, 4.69) is 10.6 Å². The van der Waals surface area contributed by atoms with Crippen LogP contribution in [0, 0.1) is 5.82 Å². The molecule has 0 atom stereocenters. The first-order valence-corrected chi connectivity index (χ1v) is 11.0. The number of hydrogen-bond donors (Lipinski definition) is 2. The second-order valence-corrected chi connectivity index (χ2v) is 7.83. The van der Waals surface area contributed by atoms with Gasteiger partial charge in [-0.1, -0.05) is 12.1 Å². The Kier molecular flexibility index (Phi) is 7.10.